The second-order valence-electron chi connectivity index (χ2n) is 6.24. The Morgan fingerprint density at radius 1 is 1.28 bits per heavy atom. The van der Waals surface area contributed by atoms with Crippen LogP contribution in [0.25, 0.3) is 10.9 Å². The Hall–Kier alpha value is -2.80. The number of nitrogens with one attached hydrogen (secondary N) is 2. The first kappa shape index (κ1) is 15.7. The van der Waals surface area contributed by atoms with Gasteiger partial charge in [0.25, 0.3) is 5.91 Å². The predicted molar refractivity (Wildman–Crippen MR) is 94.2 cm³/mol. The number of para-hydroxylation sites is 1. The highest BCUT2D eigenvalue weighted by Gasteiger charge is 2.21. The van der Waals surface area contributed by atoms with Gasteiger partial charge in [-0.15, -0.1) is 10.2 Å². The van der Waals surface area contributed by atoms with Crippen LogP contribution in [0.1, 0.15) is 35.0 Å². The number of hydrogen-bond donors (Lipinski definition) is 2. The first-order chi connectivity index (χ1) is 12.2. The summed E-state index contributed by atoms with van der Waals surface area (Å²) in [7, 11) is 0. The van der Waals surface area contributed by atoms with Crippen molar-refractivity contribution in [3.05, 3.63) is 53.7 Å². The van der Waals surface area contributed by atoms with Gasteiger partial charge in [-0.05, 0) is 19.1 Å². The van der Waals surface area contributed by atoms with Crippen molar-refractivity contribution in [3.8, 4) is 0 Å². The highest BCUT2D eigenvalue weighted by Crippen LogP contribution is 2.16. The molecule has 0 radical (unpaired) electrons. The predicted octanol–water partition coefficient (Wildman–Crippen LogP) is 1.46. The summed E-state index contributed by atoms with van der Waals surface area (Å²) >= 11 is 0. The van der Waals surface area contributed by atoms with E-state index in [0.29, 0.717) is 5.56 Å². The molecule has 0 unspecified atom stereocenters. The smallest absolute Gasteiger partial charge is 0.253 e. The number of nitrogens with zero attached hydrogens (tertiary/aromatic N) is 4. The molecule has 1 atom stereocenters. The van der Waals surface area contributed by atoms with Crippen LogP contribution < -0.4 is 10.6 Å². The number of pyridine rings is 1. The van der Waals surface area contributed by atoms with E-state index in [9.17, 15) is 4.79 Å². The van der Waals surface area contributed by atoms with Gasteiger partial charge in [-0.2, -0.15) is 0 Å². The van der Waals surface area contributed by atoms with Gasteiger partial charge >= 0.3 is 0 Å². The lowest BCUT2D eigenvalue weighted by atomic mass is 10.1. The Morgan fingerprint density at radius 2 is 2.16 bits per heavy atom. The Kier molecular flexibility index (Phi) is 4.15. The van der Waals surface area contributed by atoms with Crippen LogP contribution in [-0.4, -0.2) is 38.7 Å². The van der Waals surface area contributed by atoms with Crippen LogP contribution in [0.2, 0.25) is 0 Å². The summed E-state index contributed by atoms with van der Waals surface area (Å²) in [6.45, 7) is 4.53. The van der Waals surface area contributed by atoms with E-state index >= 15 is 0 Å². The van der Waals surface area contributed by atoms with E-state index in [-0.39, 0.29) is 11.9 Å². The van der Waals surface area contributed by atoms with Gasteiger partial charge in [-0.3, -0.25) is 9.78 Å². The maximum Gasteiger partial charge on any atom is 0.253 e. The summed E-state index contributed by atoms with van der Waals surface area (Å²) in [6.07, 6.45) is 2.46. The highest BCUT2D eigenvalue weighted by atomic mass is 16.1. The van der Waals surface area contributed by atoms with Crippen molar-refractivity contribution in [2.24, 2.45) is 0 Å². The Morgan fingerprint density at radius 3 is 3.08 bits per heavy atom. The van der Waals surface area contributed by atoms with Crippen LogP contribution in [0.4, 0.5) is 0 Å². The monoisotopic (exact) mass is 336 g/mol. The molecule has 3 heterocycles. The van der Waals surface area contributed by atoms with Gasteiger partial charge in [0.1, 0.15) is 5.82 Å². The molecule has 25 heavy (non-hydrogen) atoms. The molecule has 0 saturated carbocycles. The van der Waals surface area contributed by atoms with Crippen molar-refractivity contribution in [2.75, 3.05) is 13.1 Å². The quantitative estimate of drug-likeness (QED) is 0.756. The van der Waals surface area contributed by atoms with Gasteiger partial charge in [0.2, 0.25) is 0 Å². The fraction of sp³-hybridized carbons (Fsp3) is 0.333. The van der Waals surface area contributed by atoms with E-state index in [1.54, 1.807) is 6.20 Å². The normalized spacial score (nSPS) is 15.4. The molecular formula is C18H20N6O. The Balaban J connectivity index is 1.54. The number of fused-ring (bicyclic) bond motifs is 2. The van der Waals surface area contributed by atoms with Crippen LogP contribution in [0.15, 0.2) is 36.5 Å². The van der Waals surface area contributed by atoms with Crippen molar-refractivity contribution in [2.45, 2.75) is 25.9 Å². The van der Waals surface area contributed by atoms with Crippen molar-refractivity contribution < 1.29 is 4.79 Å². The van der Waals surface area contributed by atoms with Crippen molar-refractivity contribution in [1.29, 1.82) is 0 Å². The number of carbonyl (C=O) groups is 1. The summed E-state index contributed by atoms with van der Waals surface area (Å²) in [4.78, 5) is 17.0. The molecule has 1 amide bonds. The number of benzene rings is 1. The van der Waals surface area contributed by atoms with Gasteiger partial charge in [0.15, 0.2) is 5.82 Å². The van der Waals surface area contributed by atoms with Crippen molar-refractivity contribution >= 4 is 16.8 Å². The zero-order chi connectivity index (χ0) is 17.2. The third-order valence-electron chi connectivity index (χ3n) is 4.48. The molecule has 2 N–H and O–H groups in total. The number of rotatable bonds is 3. The second kappa shape index (κ2) is 6.60. The molecule has 1 aromatic carbocycles. The van der Waals surface area contributed by atoms with Crippen LogP contribution in [-0.2, 0) is 13.0 Å². The van der Waals surface area contributed by atoms with E-state index in [1.165, 1.54) is 0 Å². The molecule has 0 spiro atoms. The first-order valence-corrected chi connectivity index (χ1v) is 8.51. The van der Waals surface area contributed by atoms with E-state index in [1.807, 2.05) is 37.3 Å². The minimum absolute atomic E-state index is 0.158. The van der Waals surface area contributed by atoms with Gasteiger partial charge in [-0.1, -0.05) is 18.2 Å². The lowest BCUT2D eigenvalue weighted by Gasteiger charge is -2.15. The fourth-order valence-corrected chi connectivity index (χ4v) is 3.15. The van der Waals surface area contributed by atoms with Crippen molar-refractivity contribution in [1.82, 2.24) is 30.4 Å². The molecule has 1 aliphatic heterocycles. The molecule has 4 rings (SSSR count). The lowest BCUT2D eigenvalue weighted by molar-refractivity contribution is 0.0937. The SMILES string of the molecule is C[C@H](NC(=O)c1cnc2ccccc2c1)c1nnc2n1CCNCC2. The summed E-state index contributed by atoms with van der Waals surface area (Å²) in [5, 5.41) is 15.9. The topological polar surface area (TPSA) is 84.7 Å². The fourth-order valence-electron chi connectivity index (χ4n) is 3.15. The molecule has 0 fully saturated rings. The molecule has 0 saturated heterocycles. The molecule has 3 aromatic rings. The third kappa shape index (κ3) is 3.10. The van der Waals surface area contributed by atoms with E-state index < -0.39 is 0 Å². The average Bonchev–Trinajstić information content (AvgIpc) is 2.90. The van der Waals surface area contributed by atoms with Crippen LogP contribution in [0.3, 0.4) is 0 Å². The van der Waals surface area contributed by atoms with Gasteiger partial charge < -0.3 is 15.2 Å². The van der Waals surface area contributed by atoms with Gasteiger partial charge in [-0.25, -0.2) is 0 Å². The standard InChI is InChI=1S/C18H20N6O/c1-12(17-23-22-16-6-7-19-8-9-24(16)17)21-18(25)14-10-13-4-2-3-5-15(13)20-11-14/h2-5,10-12,19H,6-9H2,1H3,(H,21,25)/t12-/m0/s1. The maximum absolute atomic E-state index is 12.6. The molecule has 7 nitrogen and oxygen atoms in total. The molecule has 128 valence electrons. The second-order valence-corrected chi connectivity index (χ2v) is 6.24. The van der Waals surface area contributed by atoms with Crippen LogP contribution >= 0.6 is 0 Å². The first-order valence-electron chi connectivity index (χ1n) is 8.51. The largest absolute Gasteiger partial charge is 0.342 e. The number of amides is 1. The summed E-state index contributed by atoms with van der Waals surface area (Å²) < 4.78 is 2.10. The summed E-state index contributed by atoms with van der Waals surface area (Å²) in [5.74, 6) is 1.60. The minimum atomic E-state index is -0.224. The molecular weight excluding hydrogens is 316 g/mol. The molecule has 2 aromatic heterocycles. The Labute approximate surface area is 145 Å². The average molecular weight is 336 g/mol. The van der Waals surface area contributed by atoms with Crippen LogP contribution in [0, 0.1) is 0 Å². The molecule has 0 aliphatic carbocycles. The lowest BCUT2D eigenvalue weighted by Crippen LogP contribution is -2.29. The number of hydrogen-bond acceptors (Lipinski definition) is 5. The molecule has 1 aliphatic rings. The van der Waals surface area contributed by atoms with E-state index in [2.05, 4.69) is 30.4 Å². The minimum Gasteiger partial charge on any atom is -0.342 e. The summed E-state index contributed by atoms with van der Waals surface area (Å²) in [6, 6.07) is 9.39. The summed E-state index contributed by atoms with van der Waals surface area (Å²) in [5.41, 5.74) is 1.42. The van der Waals surface area contributed by atoms with Gasteiger partial charge in [0.05, 0.1) is 17.1 Å². The molecule has 7 heteroatoms. The zero-order valence-electron chi connectivity index (χ0n) is 14.1. The van der Waals surface area contributed by atoms with Gasteiger partial charge in [0, 0.05) is 37.6 Å². The van der Waals surface area contributed by atoms with Crippen molar-refractivity contribution in [3.63, 3.8) is 0 Å². The maximum atomic E-state index is 12.6. The highest BCUT2D eigenvalue weighted by molar-refractivity contribution is 5.97. The Bertz CT molecular complexity index is 919. The van der Waals surface area contributed by atoms with E-state index in [4.69, 9.17) is 0 Å². The molecule has 0 bridgehead atoms. The third-order valence-corrected chi connectivity index (χ3v) is 4.48. The van der Waals surface area contributed by atoms with E-state index in [0.717, 1.165) is 48.6 Å². The van der Waals surface area contributed by atoms with Crippen LogP contribution in [0.5, 0.6) is 0 Å². The number of aromatic nitrogens is 4. The zero-order valence-corrected chi connectivity index (χ0v) is 14.1. The number of carbonyl (C=O) groups excluding carboxylic acids is 1.